The molecule has 200 valence electrons. The first-order chi connectivity index (χ1) is 17.6. The number of carbonyl (C=O) groups is 1. The third-order valence-corrected chi connectivity index (χ3v) is 7.75. The molecule has 1 amide bonds. The summed E-state index contributed by atoms with van der Waals surface area (Å²) >= 11 is 0. The molecule has 3 aromatic rings. The molecule has 0 radical (unpaired) electrons. The second kappa shape index (κ2) is 11.0. The summed E-state index contributed by atoms with van der Waals surface area (Å²) in [6.45, 7) is 6.84. The monoisotopic (exact) mass is 528 g/mol. The van der Waals surface area contributed by atoms with Gasteiger partial charge in [-0.2, -0.15) is 18.4 Å². The van der Waals surface area contributed by atoms with Crippen LogP contribution in [-0.4, -0.2) is 39.9 Å². The highest BCUT2D eigenvalue weighted by Crippen LogP contribution is 2.34. The number of nitrogens with one attached hydrogen (secondary N) is 1. The van der Waals surface area contributed by atoms with E-state index in [2.05, 4.69) is 34.1 Å². The molecule has 12 heteroatoms. The number of hydrogen-bond acceptors (Lipinski definition) is 7. The van der Waals surface area contributed by atoms with Crippen molar-refractivity contribution in [3.63, 3.8) is 0 Å². The van der Waals surface area contributed by atoms with Crippen LogP contribution in [0.15, 0.2) is 30.6 Å². The normalized spacial score (nSPS) is 18.3. The molecular weight excluding hydrogens is 492 g/mol. The number of anilines is 3. The minimum absolute atomic E-state index is 0.0450. The van der Waals surface area contributed by atoms with E-state index in [1.165, 1.54) is 0 Å². The van der Waals surface area contributed by atoms with Gasteiger partial charge in [0.05, 0.1) is 17.9 Å². The Balaban J connectivity index is 1.79. The Hall–Kier alpha value is -3.25. The van der Waals surface area contributed by atoms with Crippen molar-refractivity contribution in [2.75, 3.05) is 9.62 Å². The van der Waals surface area contributed by atoms with Crippen LogP contribution in [0.5, 0.6) is 0 Å². The summed E-state index contributed by atoms with van der Waals surface area (Å²) in [7, 11) is -4.28. The van der Waals surface area contributed by atoms with Crippen LogP contribution < -0.4 is 20.5 Å². The third kappa shape index (κ3) is 6.02. The molecular formula is C25H36N8O3S. The van der Waals surface area contributed by atoms with Gasteiger partial charge in [0.2, 0.25) is 11.9 Å². The minimum Gasteiger partial charge on any atom is -0.369 e. The first-order valence-corrected chi connectivity index (χ1v) is 14.3. The topological polar surface area (TPSA) is 162 Å². The fraction of sp³-hybridized carbons (Fsp3) is 0.520. The molecule has 1 aromatic carbocycles. The molecule has 4 rings (SSSR count). The Morgan fingerprint density at radius 2 is 1.89 bits per heavy atom. The summed E-state index contributed by atoms with van der Waals surface area (Å²) in [6, 6.07) is 7.00. The number of primary amides is 1. The van der Waals surface area contributed by atoms with Gasteiger partial charge >= 0.3 is 10.2 Å². The number of fused-ring (bicyclic) bond motifs is 1. The number of aryl methyl sites for hydroxylation is 2. The Morgan fingerprint density at radius 3 is 2.51 bits per heavy atom. The molecule has 2 aromatic heterocycles. The number of aromatic nitrogens is 4. The number of benzene rings is 1. The van der Waals surface area contributed by atoms with Gasteiger partial charge in [-0.3, -0.25) is 4.79 Å². The standard InChI is InChI=1S/C25H36N8O3S/c1-4-32-15-28-21-23(32)30-25(29-20-8-6-5-7-19(20)22(26)34)31-24(21)33(37(27,35)36)18-13-11-17(12-14-18)10-9-16(2)3/h11-16,19-20H,4-10H2,1-3H3,(H2,26,34)(H2,27,35,36)(H,29,30,31)/t19-,20+/m1/s1. The lowest BCUT2D eigenvalue weighted by atomic mass is 9.84. The lowest BCUT2D eigenvalue weighted by Crippen LogP contribution is -2.41. The summed E-state index contributed by atoms with van der Waals surface area (Å²) in [5, 5.41) is 8.98. The molecule has 2 atom stereocenters. The number of carbonyl (C=O) groups excluding carboxylic acids is 1. The van der Waals surface area contributed by atoms with E-state index in [1.54, 1.807) is 23.0 Å². The predicted octanol–water partition coefficient (Wildman–Crippen LogP) is 3.23. The molecule has 0 saturated heterocycles. The van der Waals surface area contributed by atoms with Crippen LogP contribution in [0.4, 0.5) is 17.5 Å². The number of nitrogens with two attached hydrogens (primary N) is 2. The second-order valence-corrected chi connectivity index (χ2v) is 11.4. The number of amides is 1. The van der Waals surface area contributed by atoms with Crippen molar-refractivity contribution in [2.45, 2.75) is 71.9 Å². The number of nitrogens with zero attached hydrogens (tertiary/aromatic N) is 5. The van der Waals surface area contributed by atoms with E-state index in [0.717, 1.165) is 42.0 Å². The average Bonchev–Trinajstić information content (AvgIpc) is 3.26. The summed E-state index contributed by atoms with van der Waals surface area (Å²) < 4.78 is 28.6. The number of hydrogen-bond donors (Lipinski definition) is 3. The molecule has 0 spiro atoms. The first-order valence-electron chi connectivity index (χ1n) is 12.8. The van der Waals surface area contributed by atoms with Crippen LogP contribution in [0.3, 0.4) is 0 Å². The molecule has 0 aliphatic heterocycles. The van der Waals surface area contributed by atoms with E-state index in [-0.39, 0.29) is 29.6 Å². The highest BCUT2D eigenvalue weighted by Gasteiger charge is 2.32. The Morgan fingerprint density at radius 1 is 1.19 bits per heavy atom. The molecule has 1 fully saturated rings. The van der Waals surface area contributed by atoms with Crippen LogP contribution in [0.1, 0.15) is 58.4 Å². The zero-order chi connectivity index (χ0) is 26.7. The van der Waals surface area contributed by atoms with Crippen LogP contribution in [0.2, 0.25) is 0 Å². The van der Waals surface area contributed by atoms with Crippen molar-refractivity contribution in [3.05, 3.63) is 36.2 Å². The largest absolute Gasteiger partial charge is 0.369 e. The minimum atomic E-state index is -4.28. The summed E-state index contributed by atoms with van der Waals surface area (Å²) in [4.78, 5) is 25.7. The zero-order valence-corrected chi connectivity index (χ0v) is 22.4. The SMILES string of the molecule is CCn1cnc2c(N(c3ccc(CCC(C)C)cc3)S(N)(=O)=O)nc(N[C@H]3CCCC[C@H]3C(N)=O)nc21. The molecule has 0 bridgehead atoms. The van der Waals surface area contributed by atoms with Crippen molar-refractivity contribution in [2.24, 2.45) is 22.7 Å². The quantitative estimate of drug-likeness (QED) is 0.364. The van der Waals surface area contributed by atoms with Crippen molar-refractivity contribution >= 4 is 44.7 Å². The molecule has 1 saturated carbocycles. The Kier molecular flexibility index (Phi) is 7.98. The fourth-order valence-electron chi connectivity index (χ4n) is 4.82. The van der Waals surface area contributed by atoms with E-state index in [4.69, 9.17) is 10.9 Å². The molecule has 1 aliphatic carbocycles. The molecule has 1 aliphatic rings. The van der Waals surface area contributed by atoms with Crippen molar-refractivity contribution in [3.8, 4) is 0 Å². The lowest BCUT2D eigenvalue weighted by molar-refractivity contribution is -0.122. The van der Waals surface area contributed by atoms with E-state index in [1.807, 2.05) is 19.1 Å². The second-order valence-electron chi connectivity index (χ2n) is 10.0. The van der Waals surface area contributed by atoms with Crippen molar-refractivity contribution < 1.29 is 13.2 Å². The third-order valence-electron chi connectivity index (χ3n) is 6.86. The summed E-state index contributed by atoms with van der Waals surface area (Å²) in [5.41, 5.74) is 7.87. The maximum absolute atomic E-state index is 12.9. The van der Waals surface area contributed by atoms with Crippen LogP contribution >= 0.6 is 0 Å². The summed E-state index contributed by atoms with van der Waals surface area (Å²) in [5.74, 6) is 0.0653. The lowest BCUT2D eigenvalue weighted by Gasteiger charge is -2.30. The van der Waals surface area contributed by atoms with Gasteiger partial charge in [-0.1, -0.05) is 38.8 Å². The first kappa shape index (κ1) is 26.8. The van der Waals surface area contributed by atoms with Gasteiger partial charge in [-0.15, -0.1) is 0 Å². The fourth-order valence-corrected chi connectivity index (χ4v) is 5.60. The predicted molar refractivity (Wildman–Crippen MR) is 144 cm³/mol. The number of rotatable bonds is 10. The van der Waals surface area contributed by atoms with Gasteiger partial charge in [-0.25, -0.2) is 14.4 Å². The highest BCUT2D eigenvalue weighted by atomic mass is 32.2. The van der Waals surface area contributed by atoms with Gasteiger partial charge in [0.1, 0.15) is 0 Å². The maximum atomic E-state index is 12.9. The van der Waals surface area contributed by atoms with Crippen LogP contribution in [0, 0.1) is 11.8 Å². The van der Waals surface area contributed by atoms with Gasteiger partial charge in [0.25, 0.3) is 0 Å². The van der Waals surface area contributed by atoms with Gasteiger partial charge < -0.3 is 15.6 Å². The molecule has 0 unspecified atom stereocenters. The van der Waals surface area contributed by atoms with Crippen LogP contribution in [0.25, 0.3) is 11.2 Å². The van der Waals surface area contributed by atoms with Crippen molar-refractivity contribution in [1.82, 2.24) is 19.5 Å². The van der Waals surface area contributed by atoms with Gasteiger partial charge in [0.15, 0.2) is 17.0 Å². The van der Waals surface area contributed by atoms with Gasteiger partial charge in [0, 0.05) is 12.6 Å². The van der Waals surface area contributed by atoms with E-state index in [9.17, 15) is 13.2 Å². The Labute approximate surface area is 217 Å². The molecule has 11 nitrogen and oxygen atoms in total. The highest BCUT2D eigenvalue weighted by molar-refractivity contribution is 7.90. The molecule has 5 N–H and O–H groups in total. The summed E-state index contributed by atoms with van der Waals surface area (Å²) in [6.07, 6.45) is 6.79. The van der Waals surface area contributed by atoms with E-state index in [0.29, 0.717) is 35.7 Å². The maximum Gasteiger partial charge on any atom is 0.304 e. The zero-order valence-electron chi connectivity index (χ0n) is 21.6. The van der Waals surface area contributed by atoms with Crippen LogP contribution in [-0.2, 0) is 28.0 Å². The van der Waals surface area contributed by atoms with E-state index >= 15 is 0 Å². The molecule has 2 heterocycles. The smallest absolute Gasteiger partial charge is 0.304 e. The average molecular weight is 529 g/mol. The van der Waals surface area contributed by atoms with Crippen molar-refractivity contribution in [1.29, 1.82) is 0 Å². The Bertz CT molecular complexity index is 1350. The molecule has 37 heavy (non-hydrogen) atoms. The van der Waals surface area contributed by atoms with E-state index < -0.39 is 10.2 Å². The van der Waals surface area contributed by atoms with Gasteiger partial charge in [-0.05, 0) is 56.2 Å². The number of imidazole rings is 1.